The van der Waals surface area contributed by atoms with E-state index in [2.05, 4.69) is 14.2 Å². The first-order chi connectivity index (χ1) is 6.92. The molecule has 2 aromatic rings. The molecule has 0 bridgehead atoms. The summed E-state index contributed by atoms with van der Waals surface area (Å²) in [6.07, 6.45) is 1.72. The first kappa shape index (κ1) is 9.26. The van der Waals surface area contributed by atoms with Gasteiger partial charge in [-0.2, -0.15) is 8.75 Å². The Bertz CT molecular complexity index is 373. The summed E-state index contributed by atoms with van der Waals surface area (Å²) in [4.78, 5) is 0. The van der Waals surface area contributed by atoms with Gasteiger partial charge < -0.3 is 0 Å². The molecule has 0 aliphatic heterocycles. The molecule has 1 aromatic heterocycles. The minimum Gasteiger partial charge on any atom is -0.271 e. The van der Waals surface area contributed by atoms with E-state index in [1.807, 2.05) is 30.3 Å². The lowest BCUT2D eigenvalue weighted by Gasteiger charge is -2.12. The molecule has 0 spiro atoms. The Morgan fingerprint density at radius 1 is 1.29 bits per heavy atom. The van der Waals surface area contributed by atoms with Gasteiger partial charge in [0.2, 0.25) is 0 Å². The molecule has 0 amide bonds. The fourth-order valence-corrected chi connectivity index (χ4v) is 1.75. The largest absolute Gasteiger partial charge is 0.271 e. The fourth-order valence-electron chi connectivity index (χ4n) is 1.30. The van der Waals surface area contributed by atoms with E-state index in [1.165, 1.54) is 11.7 Å². The molecule has 1 atom stereocenters. The van der Waals surface area contributed by atoms with E-state index in [4.69, 9.17) is 5.84 Å². The van der Waals surface area contributed by atoms with Crippen LogP contribution in [0.4, 0.5) is 0 Å². The van der Waals surface area contributed by atoms with Crippen LogP contribution in [0.25, 0.3) is 0 Å². The molecule has 4 nitrogen and oxygen atoms in total. The van der Waals surface area contributed by atoms with Crippen molar-refractivity contribution >= 4 is 11.7 Å². The van der Waals surface area contributed by atoms with Crippen LogP contribution in [-0.4, -0.2) is 8.75 Å². The van der Waals surface area contributed by atoms with Crippen molar-refractivity contribution in [1.29, 1.82) is 0 Å². The van der Waals surface area contributed by atoms with Gasteiger partial charge in [-0.3, -0.25) is 5.84 Å². The van der Waals surface area contributed by atoms with Crippen LogP contribution in [-0.2, 0) is 0 Å². The second-order valence-electron chi connectivity index (χ2n) is 2.84. The third-order valence-electron chi connectivity index (χ3n) is 1.97. The second kappa shape index (κ2) is 4.28. The maximum Gasteiger partial charge on any atom is 0.0970 e. The van der Waals surface area contributed by atoms with Crippen LogP contribution in [0.2, 0.25) is 0 Å². The summed E-state index contributed by atoms with van der Waals surface area (Å²) in [6.45, 7) is 0. The van der Waals surface area contributed by atoms with E-state index >= 15 is 0 Å². The zero-order valence-electron chi connectivity index (χ0n) is 7.42. The molecule has 0 aliphatic carbocycles. The number of hydrogen-bond donors (Lipinski definition) is 2. The average molecular weight is 206 g/mol. The summed E-state index contributed by atoms with van der Waals surface area (Å²) in [5.74, 6) is 5.48. The van der Waals surface area contributed by atoms with Crippen LogP contribution in [0.1, 0.15) is 17.3 Å². The van der Waals surface area contributed by atoms with Gasteiger partial charge in [0.25, 0.3) is 0 Å². The zero-order chi connectivity index (χ0) is 9.80. The van der Waals surface area contributed by atoms with Gasteiger partial charge in [-0.25, -0.2) is 5.43 Å². The highest BCUT2D eigenvalue weighted by Crippen LogP contribution is 2.18. The fraction of sp³-hybridized carbons (Fsp3) is 0.111. The van der Waals surface area contributed by atoms with Crippen molar-refractivity contribution in [3.8, 4) is 0 Å². The lowest BCUT2D eigenvalue weighted by atomic mass is 10.1. The van der Waals surface area contributed by atoms with Crippen molar-refractivity contribution < 1.29 is 0 Å². The minimum absolute atomic E-state index is 0.0741. The van der Waals surface area contributed by atoms with Crippen LogP contribution in [0.5, 0.6) is 0 Å². The van der Waals surface area contributed by atoms with Crippen molar-refractivity contribution in [3.63, 3.8) is 0 Å². The van der Waals surface area contributed by atoms with Crippen LogP contribution >= 0.6 is 11.7 Å². The number of nitrogens with zero attached hydrogens (tertiary/aromatic N) is 2. The number of hydrazine groups is 1. The zero-order valence-corrected chi connectivity index (χ0v) is 8.24. The Morgan fingerprint density at radius 2 is 2.07 bits per heavy atom. The van der Waals surface area contributed by atoms with Crippen LogP contribution in [0.3, 0.4) is 0 Å². The van der Waals surface area contributed by atoms with Gasteiger partial charge in [-0.05, 0) is 5.56 Å². The van der Waals surface area contributed by atoms with E-state index < -0.39 is 0 Å². The van der Waals surface area contributed by atoms with Crippen molar-refractivity contribution in [3.05, 3.63) is 47.8 Å². The highest BCUT2D eigenvalue weighted by Gasteiger charge is 2.13. The van der Waals surface area contributed by atoms with Crippen molar-refractivity contribution in [2.75, 3.05) is 0 Å². The van der Waals surface area contributed by atoms with Gasteiger partial charge >= 0.3 is 0 Å². The summed E-state index contributed by atoms with van der Waals surface area (Å²) >= 11 is 1.18. The van der Waals surface area contributed by atoms with Gasteiger partial charge in [0.1, 0.15) is 0 Å². The van der Waals surface area contributed by atoms with Crippen LogP contribution in [0.15, 0.2) is 36.5 Å². The first-order valence-corrected chi connectivity index (χ1v) is 4.93. The Hall–Kier alpha value is -1.30. The van der Waals surface area contributed by atoms with Gasteiger partial charge in [0.05, 0.1) is 29.7 Å². The predicted octanol–water partition coefficient (Wildman–Crippen LogP) is 1.09. The molecule has 1 heterocycles. The van der Waals surface area contributed by atoms with E-state index in [0.29, 0.717) is 0 Å². The Labute approximate surface area is 86.1 Å². The summed E-state index contributed by atoms with van der Waals surface area (Å²) in [5, 5.41) is 0. The number of nitrogens with two attached hydrogens (primary N) is 1. The lowest BCUT2D eigenvalue weighted by Crippen LogP contribution is -2.28. The Kier molecular flexibility index (Phi) is 2.83. The number of hydrogen-bond acceptors (Lipinski definition) is 5. The molecule has 3 N–H and O–H groups in total. The van der Waals surface area contributed by atoms with Crippen LogP contribution < -0.4 is 11.3 Å². The summed E-state index contributed by atoms with van der Waals surface area (Å²) in [6, 6.07) is 9.85. The van der Waals surface area contributed by atoms with Crippen molar-refractivity contribution in [1.82, 2.24) is 14.2 Å². The highest BCUT2D eigenvalue weighted by atomic mass is 32.1. The highest BCUT2D eigenvalue weighted by molar-refractivity contribution is 6.99. The molecule has 72 valence electrons. The topological polar surface area (TPSA) is 63.8 Å². The van der Waals surface area contributed by atoms with Crippen LogP contribution in [0, 0.1) is 0 Å². The molecule has 14 heavy (non-hydrogen) atoms. The molecule has 5 heteroatoms. The Morgan fingerprint density at radius 3 is 2.64 bits per heavy atom. The smallest absolute Gasteiger partial charge is 0.0970 e. The standard InChI is InChI=1S/C9H10N4S/c10-12-9(8-6-11-14-13-8)7-4-2-1-3-5-7/h1-6,9,12H,10H2. The molecule has 0 radical (unpaired) electrons. The average Bonchev–Trinajstić information content (AvgIpc) is 2.74. The SMILES string of the molecule is NNC(c1ccccc1)c1cnsn1. The monoisotopic (exact) mass is 206 g/mol. The molecular formula is C9H10N4S. The molecular weight excluding hydrogens is 196 g/mol. The maximum atomic E-state index is 5.48. The summed E-state index contributed by atoms with van der Waals surface area (Å²) in [7, 11) is 0. The number of benzene rings is 1. The molecule has 0 fully saturated rings. The predicted molar refractivity (Wildman–Crippen MR) is 55.5 cm³/mol. The summed E-state index contributed by atoms with van der Waals surface area (Å²) < 4.78 is 8.10. The Balaban J connectivity index is 2.31. The molecule has 0 saturated carbocycles. The molecule has 1 unspecified atom stereocenters. The number of nitrogens with one attached hydrogen (secondary N) is 1. The number of aromatic nitrogens is 2. The van der Waals surface area contributed by atoms with E-state index in [0.717, 1.165) is 11.3 Å². The molecule has 1 aromatic carbocycles. The van der Waals surface area contributed by atoms with Gasteiger partial charge in [0, 0.05) is 0 Å². The van der Waals surface area contributed by atoms with Crippen molar-refractivity contribution in [2.24, 2.45) is 5.84 Å². The van der Waals surface area contributed by atoms with Gasteiger partial charge in [0.15, 0.2) is 0 Å². The van der Waals surface area contributed by atoms with Gasteiger partial charge in [-0.15, -0.1) is 0 Å². The van der Waals surface area contributed by atoms with E-state index in [1.54, 1.807) is 6.20 Å². The lowest BCUT2D eigenvalue weighted by molar-refractivity contribution is 0.625. The molecule has 0 aliphatic rings. The second-order valence-corrected chi connectivity index (χ2v) is 3.40. The summed E-state index contributed by atoms with van der Waals surface area (Å²) in [5.41, 5.74) is 4.66. The molecule has 2 rings (SSSR count). The third-order valence-corrected chi connectivity index (χ3v) is 2.47. The minimum atomic E-state index is -0.0741. The molecule has 0 saturated heterocycles. The maximum absolute atomic E-state index is 5.48. The van der Waals surface area contributed by atoms with Crippen molar-refractivity contribution in [2.45, 2.75) is 6.04 Å². The quantitative estimate of drug-likeness (QED) is 0.583. The third kappa shape index (κ3) is 1.79. The van der Waals surface area contributed by atoms with E-state index in [-0.39, 0.29) is 6.04 Å². The van der Waals surface area contributed by atoms with E-state index in [9.17, 15) is 0 Å². The number of rotatable bonds is 3. The normalized spacial score (nSPS) is 12.6. The van der Waals surface area contributed by atoms with Gasteiger partial charge in [-0.1, -0.05) is 30.3 Å². The first-order valence-electron chi connectivity index (χ1n) is 4.20.